The minimum absolute atomic E-state index is 0.172. The molecule has 0 atom stereocenters. The number of rotatable bonds is 5. The molecule has 1 N–H and O–H groups in total. The lowest BCUT2D eigenvalue weighted by atomic mass is 10.1. The molecule has 0 bridgehead atoms. The fourth-order valence-electron chi connectivity index (χ4n) is 2.74. The second-order valence-electron chi connectivity index (χ2n) is 7.41. The Morgan fingerprint density at radius 1 is 1.24 bits per heavy atom. The monoisotopic (exact) mass is 297 g/mol. The van der Waals surface area contributed by atoms with Crippen molar-refractivity contribution in [1.29, 1.82) is 0 Å². The van der Waals surface area contributed by atoms with Crippen LogP contribution in [-0.2, 0) is 4.74 Å². The maximum atomic E-state index is 12.0. The van der Waals surface area contributed by atoms with E-state index in [1.165, 1.54) is 12.8 Å². The highest BCUT2D eigenvalue weighted by Gasteiger charge is 2.27. The summed E-state index contributed by atoms with van der Waals surface area (Å²) in [6, 6.07) is 1.37. The van der Waals surface area contributed by atoms with Crippen molar-refractivity contribution >= 4 is 6.09 Å². The second-order valence-corrected chi connectivity index (χ2v) is 7.41. The Morgan fingerprint density at radius 2 is 1.86 bits per heavy atom. The van der Waals surface area contributed by atoms with Gasteiger partial charge in [0.15, 0.2) is 0 Å². The van der Waals surface area contributed by atoms with Crippen molar-refractivity contribution in [2.24, 2.45) is 0 Å². The van der Waals surface area contributed by atoms with Gasteiger partial charge in [-0.25, -0.2) is 4.79 Å². The van der Waals surface area contributed by atoms with Crippen LogP contribution in [0, 0.1) is 0 Å². The van der Waals surface area contributed by atoms with Gasteiger partial charge in [-0.15, -0.1) is 0 Å². The molecule has 5 nitrogen and oxygen atoms in total. The summed E-state index contributed by atoms with van der Waals surface area (Å²) < 4.78 is 5.42. The van der Waals surface area contributed by atoms with E-state index in [0.29, 0.717) is 6.04 Å². The van der Waals surface area contributed by atoms with Crippen LogP contribution in [0.5, 0.6) is 0 Å². The van der Waals surface area contributed by atoms with Crippen molar-refractivity contribution in [1.82, 2.24) is 15.1 Å². The van der Waals surface area contributed by atoms with Crippen LogP contribution in [0.2, 0.25) is 0 Å². The largest absolute Gasteiger partial charge is 0.444 e. The minimum Gasteiger partial charge on any atom is -0.444 e. The number of carbonyl (C=O) groups excluding carboxylic acids is 1. The molecular formula is C16H31N3O2. The van der Waals surface area contributed by atoms with Gasteiger partial charge in [-0.3, -0.25) is 0 Å². The summed E-state index contributed by atoms with van der Waals surface area (Å²) in [7, 11) is 2.21. The Hall–Kier alpha value is -0.810. The van der Waals surface area contributed by atoms with E-state index < -0.39 is 5.60 Å². The Bertz CT molecular complexity index is 342. The molecule has 2 fully saturated rings. The number of nitrogens with one attached hydrogen (secondary N) is 1. The van der Waals surface area contributed by atoms with E-state index in [-0.39, 0.29) is 6.09 Å². The quantitative estimate of drug-likeness (QED) is 0.844. The van der Waals surface area contributed by atoms with Gasteiger partial charge in [0.25, 0.3) is 0 Å². The van der Waals surface area contributed by atoms with Gasteiger partial charge in [0.2, 0.25) is 0 Å². The third kappa shape index (κ3) is 5.83. The van der Waals surface area contributed by atoms with Crippen LogP contribution in [0.1, 0.15) is 46.5 Å². The molecule has 2 aliphatic rings. The van der Waals surface area contributed by atoms with E-state index in [1.807, 2.05) is 25.7 Å². The zero-order valence-electron chi connectivity index (χ0n) is 14.0. The first-order chi connectivity index (χ1) is 9.85. The number of hydrogen-bond acceptors (Lipinski definition) is 4. The lowest BCUT2D eigenvalue weighted by Crippen LogP contribution is -2.47. The van der Waals surface area contributed by atoms with E-state index in [2.05, 4.69) is 17.3 Å². The Morgan fingerprint density at radius 3 is 2.38 bits per heavy atom. The van der Waals surface area contributed by atoms with Crippen molar-refractivity contribution in [3.63, 3.8) is 0 Å². The number of likely N-dealkylation sites (tertiary alicyclic amines) is 1. The summed E-state index contributed by atoms with van der Waals surface area (Å²) >= 11 is 0. The maximum absolute atomic E-state index is 12.0. The number of likely N-dealkylation sites (N-methyl/N-ethyl adjacent to an activating group) is 1. The predicted octanol–water partition coefficient (Wildman–Crippen LogP) is 2.07. The standard InChI is InChI=1S/C16H31N3O2/c1-16(2,3)21-15(20)19-10-7-13(8-11-19)17-9-12-18(4)14-5-6-14/h13-14,17H,5-12H2,1-4H3. The summed E-state index contributed by atoms with van der Waals surface area (Å²) in [6.07, 6.45) is 4.60. The molecular weight excluding hydrogens is 266 g/mol. The summed E-state index contributed by atoms with van der Waals surface area (Å²) in [4.78, 5) is 16.3. The number of hydrogen-bond donors (Lipinski definition) is 1. The van der Waals surface area contributed by atoms with E-state index in [9.17, 15) is 4.79 Å². The summed E-state index contributed by atoms with van der Waals surface area (Å²) in [6.45, 7) is 9.50. The van der Waals surface area contributed by atoms with Gasteiger partial charge in [0, 0.05) is 38.3 Å². The molecule has 1 saturated carbocycles. The Kier molecular flexibility index (Phi) is 5.49. The smallest absolute Gasteiger partial charge is 0.410 e. The van der Waals surface area contributed by atoms with Gasteiger partial charge < -0.3 is 19.9 Å². The second kappa shape index (κ2) is 6.97. The molecule has 1 amide bonds. The number of carbonyl (C=O) groups is 1. The van der Waals surface area contributed by atoms with Crippen LogP contribution in [0.15, 0.2) is 0 Å². The number of amides is 1. The first kappa shape index (κ1) is 16.6. The molecule has 2 rings (SSSR count). The lowest BCUT2D eigenvalue weighted by Gasteiger charge is -2.34. The molecule has 0 spiro atoms. The average molecular weight is 297 g/mol. The molecule has 122 valence electrons. The molecule has 0 aromatic rings. The molecule has 1 heterocycles. The van der Waals surface area contributed by atoms with Crippen LogP contribution in [0.4, 0.5) is 4.79 Å². The third-order valence-electron chi connectivity index (χ3n) is 4.21. The number of nitrogens with zero attached hydrogens (tertiary/aromatic N) is 2. The van der Waals surface area contributed by atoms with Crippen LogP contribution < -0.4 is 5.32 Å². The fourth-order valence-corrected chi connectivity index (χ4v) is 2.74. The highest BCUT2D eigenvalue weighted by atomic mass is 16.6. The highest BCUT2D eigenvalue weighted by molar-refractivity contribution is 5.68. The Labute approximate surface area is 129 Å². The molecule has 21 heavy (non-hydrogen) atoms. The SMILES string of the molecule is CN(CCNC1CCN(C(=O)OC(C)(C)C)CC1)C1CC1. The van der Waals surface area contributed by atoms with Gasteiger partial charge in [-0.05, 0) is 53.5 Å². The normalized spacial score (nSPS) is 20.9. The zero-order chi connectivity index (χ0) is 15.5. The van der Waals surface area contributed by atoms with Crippen LogP contribution in [0.25, 0.3) is 0 Å². The summed E-state index contributed by atoms with van der Waals surface area (Å²) in [5.74, 6) is 0. The zero-order valence-corrected chi connectivity index (χ0v) is 14.0. The van der Waals surface area contributed by atoms with Gasteiger partial charge in [0.1, 0.15) is 5.60 Å². The molecule has 0 unspecified atom stereocenters. The van der Waals surface area contributed by atoms with Gasteiger partial charge in [0.05, 0.1) is 0 Å². The molecule has 1 aliphatic carbocycles. The third-order valence-corrected chi connectivity index (χ3v) is 4.21. The fraction of sp³-hybridized carbons (Fsp3) is 0.938. The van der Waals surface area contributed by atoms with Crippen LogP contribution >= 0.6 is 0 Å². The van der Waals surface area contributed by atoms with Gasteiger partial charge in [-0.1, -0.05) is 0 Å². The van der Waals surface area contributed by atoms with E-state index in [1.54, 1.807) is 0 Å². The molecule has 0 aromatic heterocycles. The minimum atomic E-state index is -0.403. The molecule has 5 heteroatoms. The first-order valence-corrected chi connectivity index (χ1v) is 8.27. The van der Waals surface area contributed by atoms with Crippen molar-refractivity contribution in [3.8, 4) is 0 Å². The van der Waals surface area contributed by atoms with Crippen LogP contribution in [0.3, 0.4) is 0 Å². The van der Waals surface area contributed by atoms with Crippen molar-refractivity contribution in [2.45, 2.75) is 64.1 Å². The number of ether oxygens (including phenoxy) is 1. The lowest BCUT2D eigenvalue weighted by molar-refractivity contribution is 0.0198. The van der Waals surface area contributed by atoms with E-state index >= 15 is 0 Å². The van der Waals surface area contributed by atoms with Crippen molar-refractivity contribution in [2.75, 3.05) is 33.2 Å². The summed E-state index contributed by atoms with van der Waals surface area (Å²) in [5.41, 5.74) is -0.403. The number of piperidine rings is 1. The molecule has 1 saturated heterocycles. The van der Waals surface area contributed by atoms with E-state index in [0.717, 1.165) is 45.1 Å². The molecule has 1 aliphatic heterocycles. The van der Waals surface area contributed by atoms with Crippen molar-refractivity contribution in [3.05, 3.63) is 0 Å². The average Bonchev–Trinajstić information content (AvgIpc) is 3.21. The topological polar surface area (TPSA) is 44.8 Å². The molecule has 0 aromatic carbocycles. The maximum Gasteiger partial charge on any atom is 0.410 e. The van der Waals surface area contributed by atoms with Gasteiger partial charge >= 0.3 is 6.09 Å². The predicted molar refractivity (Wildman–Crippen MR) is 84.5 cm³/mol. The van der Waals surface area contributed by atoms with E-state index in [4.69, 9.17) is 4.74 Å². The summed E-state index contributed by atoms with van der Waals surface area (Å²) in [5, 5.41) is 3.62. The highest BCUT2D eigenvalue weighted by Crippen LogP contribution is 2.24. The van der Waals surface area contributed by atoms with Crippen molar-refractivity contribution < 1.29 is 9.53 Å². The Balaban J connectivity index is 1.60. The van der Waals surface area contributed by atoms with Crippen LogP contribution in [-0.4, -0.2) is 66.8 Å². The van der Waals surface area contributed by atoms with Gasteiger partial charge in [-0.2, -0.15) is 0 Å². The molecule has 0 radical (unpaired) electrons. The first-order valence-electron chi connectivity index (χ1n) is 8.27.